The Balaban J connectivity index is 0.000000269. The molecule has 1 aliphatic heterocycles. The molecular formula is C19H20ClNO4. The molecule has 3 rings (SSSR count). The van der Waals surface area contributed by atoms with Crippen molar-refractivity contribution in [2.75, 3.05) is 19.8 Å². The average molecular weight is 362 g/mol. The predicted octanol–water partition coefficient (Wildman–Crippen LogP) is 3.39. The molecule has 0 aromatic heterocycles. The third kappa shape index (κ3) is 5.05. The van der Waals surface area contributed by atoms with Gasteiger partial charge in [0.15, 0.2) is 0 Å². The highest BCUT2D eigenvalue weighted by molar-refractivity contribution is 6.31. The Morgan fingerprint density at radius 1 is 1.20 bits per heavy atom. The van der Waals surface area contributed by atoms with Crippen LogP contribution in [0, 0.1) is 6.92 Å². The molecule has 2 aromatic carbocycles. The normalized spacial score (nSPS) is 14.4. The third-order valence-electron chi connectivity index (χ3n) is 3.73. The van der Waals surface area contributed by atoms with Crippen molar-refractivity contribution in [2.45, 2.75) is 12.8 Å². The fourth-order valence-corrected chi connectivity index (χ4v) is 2.65. The fourth-order valence-electron chi connectivity index (χ4n) is 2.38. The molecule has 1 aliphatic rings. The van der Waals surface area contributed by atoms with Gasteiger partial charge in [0.25, 0.3) is 0 Å². The van der Waals surface area contributed by atoms with Crippen LogP contribution in [0.25, 0.3) is 0 Å². The molecule has 1 heterocycles. The van der Waals surface area contributed by atoms with Crippen molar-refractivity contribution in [3.8, 4) is 0 Å². The monoisotopic (exact) mass is 361 g/mol. The van der Waals surface area contributed by atoms with Crippen molar-refractivity contribution in [3.63, 3.8) is 0 Å². The molecule has 1 N–H and O–H groups in total. The number of aliphatic hydroxyl groups excluding tert-OH is 1. The maximum Gasteiger partial charge on any atom is 0.416 e. The van der Waals surface area contributed by atoms with Gasteiger partial charge in [-0.25, -0.2) is 9.69 Å². The molecule has 1 saturated heterocycles. The molecule has 0 spiro atoms. The molecule has 0 aliphatic carbocycles. The number of halogens is 1. The minimum atomic E-state index is -0.843. The zero-order chi connectivity index (χ0) is 18.2. The second kappa shape index (κ2) is 9.20. The van der Waals surface area contributed by atoms with Gasteiger partial charge in [-0.3, -0.25) is 4.79 Å². The van der Waals surface area contributed by atoms with E-state index in [0.29, 0.717) is 10.6 Å². The molecule has 0 saturated carbocycles. The zero-order valence-corrected chi connectivity index (χ0v) is 14.6. The second-order valence-corrected chi connectivity index (χ2v) is 5.92. The van der Waals surface area contributed by atoms with Crippen LogP contribution in [-0.2, 0) is 9.53 Å². The summed E-state index contributed by atoms with van der Waals surface area (Å²) in [7, 11) is 0. The lowest BCUT2D eigenvalue weighted by Gasteiger charge is -2.19. The Morgan fingerprint density at radius 3 is 2.32 bits per heavy atom. The Hall–Kier alpha value is -2.37. The number of amides is 2. The number of imide groups is 1. The molecule has 2 aromatic rings. The van der Waals surface area contributed by atoms with E-state index < -0.39 is 24.5 Å². The number of hydrogen-bond acceptors (Lipinski definition) is 4. The molecular weight excluding hydrogens is 342 g/mol. The summed E-state index contributed by atoms with van der Waals surface area (Å²) in [5, 5.41) is 9.75. The lowest BCUT2D eigenvalue weighted by Crippen LogP contribution is -2.37. The quantitative estimate of drug-likeness (QED) is 0.910. The minimum Gasteiger partial charge on any atom is -0.447 e. The van der Waals surface area contributed by atoms with E-state index in [1.54, 1.807) is 24.3 Å². The molecule has 1 fully saturated rings. The number of benzene rings is 2. The number of carbonyl (C=O) groups is 2. The Bertz CT molecular complexity index is 720. The third-order valence-corrected chi connectivity index (χ3v) is 4.07. The topological polar surface area (TPSA) is 66.8 Å². The van der Waals surface area contributed by atoms with Crippen LogP contribution < -0.4 is 0 Å². The van der Waals surface area contributed by atoms with E-state index in [2.05, 4.69) is 19.1 Å². The SMILES string of the molecule is Cc1ccccc1.O=C1OCCN1C(=O)C(CO)c1ccccc1Cl. The number of aryl methyl sites for hydroxylation is 1. The van der Waals surface area contributed by atoms with E-state index >= 15 is 0 Å². The Morgan fingerprint density at radius 2 is 1.84 bits per heavy atom. The summed E-state index contributed by atoms with van der Waals surface area (Å²) in [5.41, 5.74) is 1.83. The highest BCUT2D eigenvalue weighted by Gasteiger charge is 2.34. The van der Waals surface area contributed by atoms with Crippen LogP contribution in [0.15, 0.2) is 54.6 Å². The number of rotatable bonds is 3. The summed E-state index contributed by atoms with van der Waals surface area (Å²) in [6, 6.07) is 17.0. The summed E-state index contributed by atoms with van der Waals surface area (Å²) in [4.78, 5) is 24.5. The maximum absolute atomic E-state index is 12.1. The molecule has 1 unspecified atom stereocenters. The van der Waals surface area contributed by atoms with Gasteiger partial charge in [-0.15, -0.1) is 0 Å². The molecule has 0 radical (unpaired) electrons. The molecule has 132 valence electrons. The number of aliphatic hydroxyl groups is 1. The summed E-state index contributed by atoms with van der Waals surface area (Å²) in [6.45, 7) is 2.07. The van der Waals surface area contributed by atoms with E-state index in [0.717, 1.165) is 4.90 Å². The van der Waals surface area contributed by atoms with Crippen LogP contribution in [0.5, 0.6) is 0 Å². The van der Waals surface area contributed by atoms with Crippen LogP contribution in [0.1, 0.15) is 17.0 Å². The standard InChI is InChI=1S/C12H12ClNO4.C7H8/c13-10-4-2-1-3-8(10)9(7-15)11(16)14-5-6-18-12(14)17;1-7-5-3-2-4-6-7/h1-4,9,15H,5-7H2;2-6H,1H3. The predicted molar refractivity (Wildman–Crippen MR) is 95.5 cm³/mol. The van der Waals surface area contributed by atoms with Crippen molar-refractivity contribution < 1.29 is 19.4 Å². The first-order valence-electron chi connectivity index (χ1n) is 7.89. The molecule has 1 atom stereocenters. The molecule has 0 bridgehead atoms. The van der Waals surface area contributed by atoms with Gasteiger partial charge in [-0.05, 0) is 18.6 Å². The zero-order valence-electron chi connectivity index (χ0n) is 13.9. The lowest BCUT2D eigenvalue weighted by atomic mass is 9.98. The van der Waals surface area contributed by atoms with Gasteiger partial charge in [0.1, 0.15) is 6.61 Å². The van der Waals surface area contributed by atoms with Crippen molar-refractivity contribution >= 4 is 23.6 Å². The van der Waals surface area contributed by atoms with Gasteiger partial charge >= 0.3 is 6.09 Å². The Labute approximate surface area is 151 Å². The largest absolute Gasteiger partial charge is 0.447 e. The van der Waals surface area contributed by atoms with E-state index in [1.807, 2.05) is 18.2 Å². The fraction of sp³-hybridized carbons (Fsp3) is 0.263. The smallest absolute Gasteiger partial charge is 0.416 e. The van der Waals surface area contributed by atoms with Crippen molar-refractivity contribution in [1.82, 2.24) is 4.90 Å². The average Bonchev–Trinajstić information content (AvgIpc) is 3.04. The second-order valence-electron chi connectivity index (χ2n) is 5.52. The highest BCUT2D eigenvalue weighted by atomic mass is 35.5. The van der Waals surface area contributed by atoms with Crippen LogP contribution in [-0.4, -0.2) is 41.8 Å². The summed E-state index contributed by atoms with van der Waals surface area (Å²) in [6.07, 6.45) is -0.675. The summed E-state index contributed by atoms with van der Waals surface area (Å²) in [5.74, 6) is -1.34. The number of nitrogens with zero attached hydrogens (tertiary/aromatic N) is 1. The van der Waals surface area contributed by atoms with Crippen LogP contribution >= 0.6 is 11.6 Å². The van der Waals surface area contributed by atoms with E-state index in [9.17, 15) is 14.7 Å². The van der Waals surface area contributed by atoms with E-state index in [4.69, 9.17) is 16.3 Å². The van der Waals surface area contributed by atoms with Crippen LogP contribution in [0.3, 0.4) is 0 Å². The first kappa shape index (κ1) is 19.0. The van der Waals surface area contributed by atoms with E-state index in [1.165, 1.54) is 5.56 Å². The molecule has 5 nitrogen and oxygen atoms in total. The van der Waals surface area contributed by atoms with Crippen LogP contribution in [0.4, 0.5) is 4.79 Å². The number of cyclic esters (lactones) is 1. The summed E-state index contributed by atoms with van der Waals surface area (Å²) >= 11 is 5.99. The van der Waals surface area contributed by atoms with Gasteiger partial charge in [0, 0.05) is 5.02 Å². The lowest BCUT2D eigenvalue weighted by molar-refractivity contribution is -0.130. The highest BCUT2D eigenvalue weighted by Crippen LogP contribution is 2.26. The van der Waals surface area contributed by atoms with Crippen molar-refractivity contribution in [1.29, 1.82) is 0 Å². The van der Waals surface area contributed by atoms with E-state index in [-0.39, 0.29) is 13.2 Å². The van der Waals surface area contributed by atoms with Crippen LogP contribution in [0.2, 0.25) is 5.02 Å². The molecule has 2 amide bonds. The summed E-state index contributed by atoms with van der Waals surface area (Å²) < 4.78 is 4.70. The van der Waals surface area contributed by atoms with Gasteiger partial charge in [0.05, 0.1) is 19.1 Å². The molecule has 25 heavy (non-hydrogen) atoms. The molecule has 6 heteroatoms. The first-order valence-corrected chi connectivity index (χ1v) is 8.27. The maximum atomic E-state index is 12.1. The van der Waals surface area contributed by atoms with Gasteiger partial charge in [-0.1, -0.05) is 65.7 Å². The Kier molecular flexibility index (Phi) is 6.98. The van der Waals surface area contributed by atoms with Crippen molar-refractivity contribution in [2.24, 2.45) is 0 Å². The number of carbonyl (C=O) groups excluding carboxylic acids is 2. The van der Waals surface area contributed by atoms with Gasteiger partial charge in [-0.2, -0.15) is 0 Å². The van der Waals surface area contributed by atoms with Gasteiger partial charge < -0.3 is 9.84 Å². The first-order chi connectivity index (χ1) is 12.0. The minimum absolute atomic E-state index is 0.186. The number of hydrogen-bond donors (Lipinski definition) is 1. The number of ether oxygens (including phenoxy) is 1. The van der Waals surface area contributed by atoms with Crippen molar-refractivity contribution in [3.05, 3.63) is 70.7 Å². The van der Waals surface area contributed by atoms with Gasteiger partial charge in [0.2, 0.25) is 5.91 Å².